The molecule has 0 aliphatic heterocycles. The van der Waals surface area contributed by atoms with Crippen molar-refractivity contribution in [3.05, 3.63) is 51.5 Å². The van der Waals surface area contributed by atoms with Crippen LogP contribution in [0.4, 0.5) is 0 Å². The van der Waals surface area contributed by atoms with Crippen LogP contribution in [0, 0.1) is 6.92 Å². The molecular formula is C16H23IN4OS. The van der Waals surface area contributed by atoms with Crippen LogP contribution < -0.4 is 10.6 Å². The summed E-state index contributed by atoms with van der Waals surface area (Å²) in [5.41, 5.74) is 1.95. The highest BCUT2D eigenvalue weighted by molar-refractivity contribution is 14.0. The number of nitrogens with one attached hydrogen (secondary N) is 2. The topological polar surface area (TPSA) is 69.5 Å². The van der Waals surface area contributed by atoms with Gasteiger partial charge in [-0.05, 0) is 25.0 Å². The number of aliphatic hydroxyl groups excluding tert-OH is 1. The lowest BCUT2D eigenvalue weighted by molar-refractivity contribution is 0.280. The van der Waals surface area contributed by atoms with Crippen molar-refractivity contribution in [2.75, 3.05) is 6.54 Å². The number of aliphatic imine (C=N–C) groups is 1. The smallest absolute Gasteiger partial charge is 0.191 e. The summed E-state index contributed by atoms with van der Waals surface area (Å²) in [6, 6.07) is 7.79. The van der Waals surface area contributed by atoms with Crippen molar-refractivity contribution in [3.63, 3.8) is 0 Å². The summed E-state index contributed by atoms with van der Waals surface area (Å²) < 4.78 is 0. The Morgan fingerprint density at radius 2 is 2.00 bits per heavy atom. The van der Waals surface area contributed by atoms with Crippen molar-refractivity contribution in [2.45, 2.75) is 33.5 Å². The lowest BCUT2D eigenvalue weighted by atomic mass is 10.1. The van der Waals surface area contributed by atoms with E-state index in [1.54, 1.807) is 11.3 Å². The van der Waals surface area contributed by atoms with Gasteiger partial charge < -0.3 is 15.7 Å². The molecule has 0 bridgehead atoms. The third-order valence-corrected chi connectivity index (χ3v) is 4.03. The second kappa shape index (κ2) is 10.6. The Balaban J connectivity index is 0.00000264. The summed E-state index contributed by atoms with van der Waals surface area (Å²) in [5.74, 6) is 0.753. The Kier molecular flexibility index (Phi) is 9.12. The first-order valence-electron chi connectivity index (χ1n) is 7.34. The molecule has 0 radical (unpaired) electrons. The molecule has 1 aromatic heterocycles. The minimum Gasteiger partial charge on any atom is -0.392 e. The van der Waals surface area contributed by atoms with E-state index in [-0.39, 0.29) is 30.6 Å². The molecule has 2 rings (SSSR count). The molecule has 2 aromatic rings. The van der Waals surface area contributed by atoms with Gasteiger partial charge in [-0.3, -0.25) is 0 Å². The Morgan fingerprint density at radius 3 is 2.61 bits per heavy atom. The lowest BCUT2D eigenvalue weighted by Crippen LogP contribution is -2.36. The zero-order valence-corrected chi connectivity index (χ0v) is 16.5. The Labute approximate surface area is 158 Å². The monoisotopic (exact) mass is 446 g/mol. The number of hydrogen-bond acceptors (Lipinski definition) is 4. The number of aryl methyl sites for hydroxylation is 1. The Morgan fingerprint density at radius 1 is 1.26 bits per heavy atom. The number of guanidine groups is 1. The maximum Gasteiger partial charge on any atom is 0.191 e. The molecule has 23 heavy (non-hydrogen) atoms. The average Bonchev–Trinajstić information content (AvgIpc) is 2.96. The van der Waals surface area contributed by atoms with Gasteiger partial charge in [0.2, 0.25) is 0 Å². The van der Waals surface area contributed by atoms with Gasteiger partial charge in [0, 0.05) is 17.6 Å². The van der Waals surface area contributed by atoms with Crippen LogP contribution in [-0.4, -0.2) is 22.6 Å². The van der Waals surface area contributed by atoms with E-state index in [1.165, 1.54) is 4.88 Å². The van der Waals surface area contributed by atoms with E-state index in [9.17, 15) is 5.11 Å². The van der Waals surface area contributed by atoms with Crippen LogP contribution in [0.1, 0.15) is 27.9 Å². The number of aromatic nitrogens is 1. The van der Waals surface area contributed by atoms with Gasteiger partial charge in [-0.2, -0.15) is 0 Å². The molecule has 0 saturated heterocycles. The number of halogens is 1. The summed E-state index contributed by atoms with van der Waals surface area (Å²) in [6.07, 6.45) is 1.88. The minimum atomic E-state index is 0. The number of nitrogens with zero attached hydrogens (tertiary/aromatic N) is 2. The number of rotatable bonds is 6. The highest BCUT2D eigenvalue weighted by atomic mass is 127. The van der Waals surface area contributed by atoms with E-state index in [0.29, 0.717) is 13.1 Å². The molecule has 0 saturated carbocycles. The molecule has 0 aliphatic carbocycles. The van der Waals surface area contributed by atoms with Crippen molar-refractivity contribution in [2.24, 2.45) is 4.99 Å². The second-order valence-corrected chi connectivity index (χ2v) is 6.16. The zero-order valence-electron chi connectivity index (χ0n) is 13.4. The zero-order chi connectivity index (χ0) is 15.8. The van der Waals surface area contributed by atoms with E-state index in [0.717, 1.165) is 28.6 Å². The normalized spacial score (nSPS) is 11.0. The standard InChI is InChI=1S/C16H22N4OS.HI/c1-3-17-16(20-10-15-18-8-12(2)22-15)19-9-13-6-4-5-7-14(13)11-21;/h4-8,21H,3,9-11H2,1-2H3,(H2,17,19,20);1H. The number of hydrogen-bond donors (Lipinski definition) is 3. The van der Waals surface area contributed by atoms with Crippen LogP contribution in [-0.2, 0) is 19.7 Å². The Bertz CT molecular complexity index is 630. The highest BCUT2D eigenvalue weighted by Crippen LogP contribution is 2.11. The number of benzene rings is 1. The maximum absolute atomic E-state index is 9.35. The first-order valence-corrected chi connectivity index (χ1v) is 8.15. The van der Waals surface area contributed by atoms with Crippen LogP contribution in [0.3, 0.4) is 0 Å². The van der Waals surface area contributed by atoms with Crippen LogP contribution in [0.25, 0.3) is 0 Å². The van der Waals surface area contributed by atoms with Gasteiger partial charge in [0.25, 0.3) is 0 Å². The fourth-order valence-corrected chi connectivity index (χ4v) is 2.74. The fraction of sp³-hybridized carbons (Fsp3) is 0.375. The van der Waals surface area contributed by atoms with Gasteiger partial charge in [-0.15, -0.1) is 35.3 Å². The predicted molar refractivity (Wildman–Crippen MR) is 106 cm³/mol. The Hall–Kier alpha value is -1.19. The van der Waals surface area contributed by atoms with Crippen LogP contribution in [0.5, 0.6) is 0 Å². The predicted octanol–water partition coefficient (Wildman–Crippen LogP) is 2.82. The van der Waals surface area contributed by atoms with Gasteiger partial charge in [0.15, 0.2) is 5.96 Å². The molecular weight excluding hydrogens is 423 g/mol. The fourth-order valence-electron chi connectivity index (χ4n) is 2.01. The number of thiazole rings is 1. The van der Waals surface area contributed by atoms with Gasteiger partial charge in [0.05, 0.1) is 19.7 Å². The molecule has 5 nitrogen and oxygen atoms in total. The van der Waals surface area contributed by atoms with E-state index < -0.39 is 0 Å². The highest BCUT2D eigenvalue weighted by Gasteiger charge is 2.03. The van der Waals surface area contributed by atoms with Gasteiger partial charge in [-0.1, -0.05) is 24.3 Å². The third kappa shape index (κ3) is 6.44. The summed E-state index contributed by atoms with van der Waals surface area (Å²) >= 11 is 1.68. The SMILES string of the molecule is CCNC(=NCc1ccccc1CO)NCc1ncc(C)s1.I. The van der Waals surface area contributed by atoms with Crippen LogP contribution in [0.2, 0.25) is 0 Å². The molecule has 0 amide bonds. The van der Waals surface area contributed by atoms with Crippen molar-refractivity contribution in [1.29, 1.82) is 0 Å². The summed E-state index contributed by atoms with van der Waals surface area (Å²) in [6.45, 7) is 6.10. The molecule has 1 heterocycles. The van der Waals surface area contributed by atoms with Crippen molar-refractivity contribution < 1.29 is 5.11 Å². The molecule has 1 aromatic carbocycles. The minimum absolute atomic E-state index is 0. The number of aliphatic hydroxyl groups is 1. The molecule has 0 spiro atoms. The average molecular weight is 446 g/mol. The van der Waals surface area contributed by atoms with Gasteiger partial charge in [-0.25, -0.2) is 9.98 Å². The van der Waals surface area contributed by atoms with E-state index in [2.05, 4.69) is 20.6 Å². The van der Waals surface area contributed by atoms with Gasteiger partial charge >= 0.3 is 0 Å². The maximum atomic E-state index is 9.35. The summed E-state index contributed by atoms with van der Waals surface area (Å²) in [4.78, 5) is 10.1. The second-order valence-electron chi connectivity index (χ2n) is 4.84. The van der Waals surface area contributed by atoms with Gasteiger partial charge in [0.1, 0.15) is 5.01 Å². The molecule has 0 aliphatic rings. The first-order chi connectivity index (χ1) is 10.7. The van der Waals surface area contributed by atoms with Crippen molar-refractivity contribution >= 4 is 41.3 Å². The quantitative estimate of drug-likeness (QED) is 0.363. The van der Waals surface area contributed by atoms with Crippen molar-refractivity contribution in [1.82, 2.24) is 15.6 Å². The molecule has 0 fully saturated rings. The van der Waals surface area contributed by atoms with E-state index >= 15 is 0 Å². The lowest BCUT2D eigenvalue weighted by Gasteiger charge is -2.11. The van der Waals surface area contributed by atoms with Crippen molar-refractivity contribution in [3.8, 4) is 0 Å². The summed E-state index contributed by atoms with van der Waals surface area (Å²) in [7, 11) is 0. The molecule has 7 heteroatoms. The molecule has 126 valence electrons. The molecule has 0 atom stereocenters. The van der Waals surface area contributed by atoms with Crippen LogP contribution >= 0.6 is 35.3 Å². The third-order valence-electron chi connectivity index (χ3n) is 3.12. The van der Waals surface area contributed by atoms with E-state index in [4.69, 9.17) is 0 Å². The van der Waals surface area contributed by atoms with Crippen LogP contribution in [0.15, 0.2) is 35.5 Å². The molecule has 0 unspecified atom stereocenters. The summed E-state index contributed by atoms with van der Waals surface area (Å²) in [5, 5.41) is 16.9. The molecule has 3 N–H and O–H groups in total. The van der Waals surface area contributed by atoms with E-state index in [1.807, 2.05) is 44.3 Å². The largest absolute Gasteiger partial charge is 0.392 e. The first kappa shape index (κ1) is 19.9.